The Kier molecular flexibility index (Phi) is 4.20. The SMILES string of the molecule is CC(C)OCCNC(=O)c1ccc2c(c1)CCN2. The molecule has 98 valence electrons. The van der Waals surface area contributed by atoms with Crippen molar-refractivity contribution >= 4 is 11.6 Å². The number of carbonyl (C=O) groups is 1. The second kappa shape index (κ2) is 5.87. The molecule has 0 bridgehead atoms. The van der Waals surface area contributed by atoms with Gasteiger partial charge in [-0.2, -0.15) is 0 Å². The van der Waals surface area contributed by atoms with Crippen LogP contribution in [-0.4, -0.2) is 31.7 Å². The Morgan fingerprint density at radius 2 is 2.33 bits per heavy atom. The normalized spacial score (nSPS) is 13.3. The minimum atomic E-state index is -0.0305. The molecule has 0 radical (unpaired) electrons. The van der Waals surface area contributed by atoms with Crippen LogP contribution in [0.1, 0.15) is 29.8 Å². The quantitative estimate of drug-likeness (QED) is 0.781. The first-order chi connectivity index (χ1) is 8.66. The van der Waals surface area contributed by atoms with Crippen molar-refractivity contribution in [1.29, 1.82) is 0 Å². The molecule has 18 heavy (non-hydrogen) atoms. The maximum atomic E-state index is 11.9. The molecule has 0 spiro atoms. The zero-order valence-corrected chi connectivity index (χ0v) is 11.0. The van der Waals surface area contributed by atoms with Gasteiger partial charge in [0.2, 0.25) is 0 Å². The number of benzene rings is 1. The van der Waals surface area contributed by atoms with Crippen molar-refractivity contribution < 1.29 is 9.53 Å². The predicted molar refractivity (Wildman–Crippen MR) is 72.1 cm³/mol. The summed E-state index contributed by atoms with van der Waals surface area (Å²) in [7, 11) is 0. The Bertz CT molecular complexity index is 430. The van der Waals surface area contributed by atoms with Crippen LogP contribution in [0.15, 0.2) is 18.2 Å². The van der Waals surface area contributed by atoms with Crippen molar-refractivity contribution in [1.82, 2.24) is 5.32 Å². The first kappa shape index (κ1) is 12.9. The van der Waals surface area contributed by atoms with Crippen LogP contribution in [0, 0.1) is 0 Å². The Hall–Kier alpha value is -1.55. The summed E-state index contributed by atoms with van der Waals surface area (Å²) >= 11 is 0. The largest absolute Gasteiger partial charge is 0.384 e. The predicted octanol–water partition coefficient (Wildman–Crippen LogP) is 1.81. The molecule has 0 aliphatic carbocycles. The molecule has 1 heterocycles. The molecule has 1 aromatic rings. The average Bonchev–Trinajstić information content (AvgIpc) is 2.81. The third-order valence-corrected chi connectivity index (χ3v) is 2.92. The topological polar surface area (TPSA) is 50.4 Å². The van der Waals surface area contributed by atoms with Gasteiger partial charge in [-0.3, -0.25) is 4.79 Å². The van der Waals surface area contributed by atoms with E-state index in [9.17, 15) is 4.79 Å². The van der Waals surface area contributed by atoms with Crippen molar-refractivity contribution in [3.05, 3.63) is 29.3 Å². The van der Waals surface area contributed by atoms with Gasteiger partial charge in [0, 0.05) is 24.3 Å². The standard InChI is InChI=1S/C14H20N2O2/c1-10(2)18-8-7-16-14(17)12-3-4-13-11(9-12)5-6-15-13/h3-4,9-10,15H,5-8H2,1-2H3,(H,16,17). The van der Waals surface area contributed by atoms with Gasteiger partial charge in [0.25, 0.3) is 5.91 Å². The number of ether oxygens (including phenoxy) is 1. The number of anilines is 1. The minimum absolute atomic E-state index is 0.0305. The number of carbonyl (C=O) groups excluding carboxylic acids is 1. The highest BCUT2D eigenvalue weighted by Crippen LogP contribution is 2.22. The van der Waals surface area contributed by atoms with E-state index in [1.54, 1.807) is 0 Å². The van der Waals surface area contributed by atoms with E-state index in [1.807, 2.05) is 32.0 Å². The van der Waals surface area contributed by atoms with E-state index in [1.165, 1.54) is 5.56 Å². The molecule has 4 heteroatoms. The molecule has 4 nitrogen and oxygen atoms in total. The highest BCUT2D eigenvalue weighted by molar-refractivity contribution is 5.95. The molecule has 0 unspecified atom stereocenters. The summed E-state index contributed by atoms with van der Waals surface area (Å²) in [6, 6.07) is 5.80. The van der Waals surface area contributed by atoms with Crippen molar-refractivity contribution in [3.63, 3.8) is 0 Å². The average molecular weight is 248 g/mol. The van der Waals surface area contributed by atoms with E-state index in [0.717, 1.165) is 24.2 Å². The Morgan fingerprint density at radius 3 is 3.11 bits per heavy atom. The third-order valence-electron chi connectivity index (χ3n) is 2.92. The number of nitrogens with one attached hydrogen (secondary N) is 2. The van der Waals surface area contributed by atoms with E-state index >= 15 is 0 Å². The number of amides is 1. The Balaban J connectivity index is 1.85. The van der Waals surface area contributed by atoms with Crippen molar-refractivity contribution in [2.24, 2.45) is 0 Å². The van der Waals surface area contributed by atoms with Crippen molar-refractivity contribution in [2.75, 3.05) is 25.0 Å². The van der Waals surface area contributed by atoms with Crippen LogP contribution in [0.2, 0.25) is 0 Å². The smallest absolute Gasteiger partial charge is 0.251 e. The number of fused-ring (bicyclic) bond motifs is 1. The maximum absolute atomic E-state index is 11.9. The fourth-order valence-electron chi connectivity index (χ4n) is 2.01. The van der Waals surface area contributed by atoms with Gasteiger partial charge < -0.3 is 15.4 Å². The third kappa shape index (κ3) is 3.23. The molecule has 1 aliphatic rings. The first-order valence-corrected chi connectivity index (χ1v) is 6.43. The van der Waals surface area contributed by atoms with Gasteiger partial charge >= 0.3 is 0 Å². The van der Waals surface area contributed by atoms with Crippen LogP contribution in [0.4, 0.5) is 5.69 Å². The molecule has 0 aromatic heterocycles. The number of hydrogen-bond acceptors (Lipinski definition) is 3. The number of hydrogen-bond donors (Lipinski definition) is 2. The van der Waals surface area contributed by atoms with Crippen molar-refractivity contribution in [3.8, 4) is 0 Å². The van der Waals surface area contributed by atoms with E-state index in [-0.39, 0.29) is 12.0 Å². The fraction of sp³-hybridized carbons (Fsp3) is 0.500. The van der Waals surface area contributed by atoms with Gasteiger partial charge in [-0.1, -0.05) is 0 Å². The molecule has 0 saturated heterocycles. The molecule has 2 N–H and O–H groups in total. The molecule has 0 fully saturated rings. The maximum Gasteiger partial charge on any atom is 0.251 e. The van der Waals surface area contributed by atoms with Crippen LogP contribution < -0.4 is 10.6 Å². The Labute approximate surface area is 108 Å². The van der Waals surface area contributed by atoms with Gasteiger partial charge in [0.15, 0.2) is 0 Å². The molecule has 2 rings (SSSR count). The van der Waals surface area contributed by atoms with Crippen molar-refractivity contribution in [2.45, 2.75) is 26.4 Å². The molecule has 0 atom stereocenters. The Morgan fingerprint density at radius 1 is 1.50 bits per heavy atom. The van der Waals surface area contributed by atoms with Crippen LogP contribution in [-0.2, 0) is 11.2 Å². The van der Waals surface area contributed by atoms with E-state index in [0.29, 0.717) is 13.2 Å². The van der Waals surface area contributed by atoms with Gasteiger partial charge in [-0.05, 0) is 44.0 Å². The van der Waals surface area contributed by atoms with Crippen LogP contribution >= 0.6 is 0 Å². The molecule has 0 saturated carbocycles. The summed E-state index contributed by atoms with van der Waals surface area (Å²) in [5, 5.41) is 6.14. The summed E-state index contributed by atoms with van der Waals surface area (Å²) in [4.78, 5) is 11.9. The summed E-state index contributed by atoms with van der Waals surface area (Å²) in [5.74, 6) is -0.0305. The van der Waals surface area contributed by atoms with Gasteiger partial charge in [-0.25, -0.2) is 0 Å². The molecule has 1 aromatic carbocycles. The lowest BCUT2D eigenvalue weighted by Gasteiger charge is -2.09. The summed E-state index contributed by atoms with van der Waals surface area (Å²) in [6.07, 6.45) is 1.19. The summed E-state index contributed by atoms with van der Waals surface area (Å²) in [6.45, 7) is 6.02. The minimum Gasteiger partial charge on any atom is -0.384 e. The van der Waals surface area contributed by atoms with Crippen LogP contribution in [0.25, 0.3) is 0 Å². The van der Waals surface area contributed by atoms with E-state index in [4.69, 9.17) is 4.74 Å². The second-order valence-corrected chi connectivity index (χ2v) is 4.72. The monoisotopic (exact) mass is 248 g/mol. The second-order valence-electron chi connectivity index (χ2n) is 4.72. The number of rotatable bonds is 5. The highest BCUT2D eigenvalue weighted by Gasteiger charge is 2.13. The molecular weight excluding hydrogens is 228 g/mol. The summed E-state index contributed by atoms with van der Waals surface area (Å²) < 4.78 is 5.38. The van der Waals surface area contributed by atoms with Crippen LogP contribution in [0.5, 0.6) is 0 Å². The van der Waals surface area contributed by atoms with E-state index in [2.05, 4.69) is 10.6 Å². The fourth-order valence-corrected chi connectivity index (χ4v) is 2.01. The zero-order chi connectivity index (χ0) is 13.0. The lowest BCUT2D eigenvalue weighted by atomic mass is 10.1. The van der Waals surface area contributed by atoms with E-state index < -0.39 is 0 Å². The zero-order valence-electron chi connectivity index (χ0n) is 11.0. The van der Waals surface area contributed by atoms with Gasteiger partial charge in [-0.15, -0.1) is 0 Å². The molecule has 1 aliphatic heterocycles. The summed E-state index contributed by atoms with van der Waals surface area (Å²) in [5.41, 5.74) is 3.10. The van der Waals surface area contributed by atoms with Gasteiger partial charge in [0.1, 0.15) is 0 Å². The molecular formula is C14H20N2O2. The van der Waals surface area contributed by atoms with Crippen LogP contribution in [0.3, 0.4) is 0 Å². The molecule has 1 amide bonds. The highest BCUT2D eigenvalue weighted by atomic mass is 16.5. The first-order valence-electron chi connectivity index (χ1n) is 6.43. The lowest BCUT2D eigenvalue weighted by Crippen LogP contribution is -2.28. The lowest BCUT2D eigenvalue weighted by molar-refractivity contribution is 0.0746. The van der Waals surface area contributed by atoms with Gasteiger partial charge in [0.05, 0.1) is 12.7 Å².